The summed E-state index contributed by atoms with van der Waals surface area (Å²) in [4.78, 5) is 0. The van der Waals surface area contributed by atoms with Crippen molar-refractivity contribution >= 4 is 0 Å². The van der Waals surface area contributed by atoms with Crippen LogP contribution in [0.25, 0.3) is 0 Å². The van der Waals surface area contributed by atoms with Gasteiger partial charge in [-0.1, -0.05) is 63.1 Å². The number of rotatable bonds is 8. The fourth-order valence-corrected chi connectivity index (χ4v) is 2.19. The summed E-state index contributed by atoms with van der Waals surface area (Å²) in [5.41, 5.74) is 1.44. The van der Waals surface area contributed by atoms with Crippen LogP contribution in [0.2, 0.25) is 0 Å². The van der Waals surface area contributed by atoms with Gasteiger partial charge in [-0.25, -0.2) is 4.39 Å². The summed E-state index contributed by atoms with van der Waals surface area (Å²) in [6, 6.07) is 4.92. The zero-order valence-corrected chi connectivity index (χ0v) is 11.6. The summed E-state index contributed by atoms with van der Waals surface area (Å²) in [6.45, 7) is 4.12. The van der Waals surface area contributed by atoms with Crippen LogP contribution in [0.5, 0.6) is 0 Å². The lowest BCUT2D eigenvalue weighted by molar-refractivity contribution is 0.158. The molecule has 0 aliphatic carbocycles. The average Bonchev–Trinajstić information content (AvgIpc) is 2.36. The third-order valence-corrected chi connectivity index (χ3v) is 3.34. The molecule has 0 radical (unpaired) electrons. The van der Waals surface area contributed by atoms with Gasteiger partial charge in [-0.2, -0.15) is 0 Å². The Morgan fingerprint density at radius 3 is 2.50 bits per heavy atom. The van der Waals surface area contributed by atoms with Gasteiger partial charge in [-0.05, 0) is 19.4 Å². The van der Waals surface area contributed by atoms with Gasteiger partial charge in [-0.15, -0.1) is 0 Å². The number of aliphatic hydroxyl groups is 1. The van der Waals surface area contributed by atoms with Crippen molar-refractivity contribution in [2.45, 2.75) is 64.9 Å². The highest BCUT2D eigenvalue weighted by Gasteiger charge is 2.12. The van der Waals surface area contributed by atoms with E-state index in [9.17, 15) is 9.50 Å². The Morgan fingerprint density at radius 2 is 1.78 bits per heavy atom. The van der Waals surface area contributed by atoms with E-state index in [-0.39, 0.29) is 5.82 Å². The molecule has 2 heteroatoms. The summed E-state index contributed by atoms with van der Waals surface area (Å²) >= 11 is 0. The van der Waals surface area contributed by atoms with Gasteiger partial charge < -0.3 is 5.11 Å². The summed E-state index contributed by atoms with van der Waals surface area (Å²) in [5, 5.41) is 9.99. The van der Waals surface area contributed by atoms with Crippen LogP contribution < -0.4 is 0 Å². The lowest BCUT2D eigenvalue weighted by Gasteiger charge is -2.12. The standard InChI is InChI=1S/C16H25FO/c1-3-4-5-6-7-8-9-16(18)14-12-13(2)10-11-15(14)17/h10-12,16,18H,3-9H2,1-2H3. The summed E-state index contributed by atoms with van der Waals surface area (Å²) in [7, 11) is 0. The van der Waals surface area contributed by atoms with Crippen molar-refractivity contribution in [3.8, 4) is 0 Å². The zero-order chi connectivity index (χ0) is 13.4. The zero-order valence-electron chi connectivity index (χ0n) is 11.6. The number of hydrogen-bond acceptors (Lipinski definition) is 1. The third kappa shape index (κ3) is 5.18. The minimum Gasteiger partial charge on any atom is -0.388 e. The molecule has 0 aliphatic heterocycles. The molecule has 0 amide bonds. The van der Waals surface area contributed by atoms with Gasteiger partial charge in [0.05, 0.1) is 6.10 Å². The van der Waals surface area contributed by atoms with Crippen LogP contribution in [0.15, 0.2) is 18.2 Å². The number of unbranched alkanes of at least 4 members (excludes halogenated alkanes) is 5. The Kier molecular flexibility index (Phi) is 6.96. The maximum absolute atomic E-state index is 13.5. The molecule has 0 heterocycles. The maximum atomic E-state index is 13.5. The molecule has 0 fully saturated rings. The van der Waals surface area contributed by atoms with Crippen molar-refractivity contribution in [2.75, 3.05) is 0 Å². The number of halogens is 1. The first-order chi connectivity index (χ1) is 8.65. The predicted octanol–water partition coefficient (Wildman–Crippen LogP) is 4.92. The molecule has 1 aromatic carbocycles. The Morgan fingerprint density at radius 1 is 1.11 bits per heavy atom. The van der Waals surface area contributed by atoms with E-state index in [2.05, 4.69) is 6.92 Å². The molecule has 1 aromatic rings. The van der Waals surface area contributed by atoms with Crippen LogP contribution in [0.3, 0.4) is 0 Å². The van der Waals surface area contributed by atoms with Crippen molar-refractivity contribution in [1.82, 2.24) is 0 Å². The number of benzene rings is 1. The first kappa shape index (κ1) is 15.2. The fraction of sp³-hybridized carbons (Fsp3) is 0.625. The normalized spacial score (nSPS) is 12.7. The summed E-state index contributed by atoms with van der Waals surface area (Å²) in [5.74, 6) is -0.293. The van der Waals surface area contributed by atoms with E-state index < -0.39 is 6.10 Å². The molecule has 0 bridgehead atoms. The fourth-order valence-electron chi connectivity index (χ4n) is 2.19. The highest BCUT2D eigenvalue weighted by atomic mass is 19.1. The van der Waals surface area contributed by atoms with E-state index in [1.54, 1.807) is 12.1 Å². The molecule has 18 heavy (non-hydrogen) atoms. The SMILES string of the molecule is CCCCCCCCC(O)c1cc(C)ccc1F. The molecule has 0 aliphatic rings. The molecule has 0 aromatic heterocycles. The highest BCUT2D eigenvalue weighted by molar-refractivity contribution is 5.25. The monoisotopic (exact) mass is 252 g/mol. The Hall–Kier alpha value is -0.890. The third-order valence-electron chi connectivity index (χ3n) is 3.34. The minimum atomic E-state index is -0.656. The Bertz CT molecular complexity index is 349. The van der Waals surface area contributed by atoms with Gasteiger partial charge in [0.2, 0.25) is 0 Å². The lowest BCUT2D eigenvalue weighted by atomic mass is 10.00. The van der Waals surface area contributed by atoms with Crippen LogP contribution in [-0.4, -0.2) is 5.11 Å². The molecule has 1 N–H and O–H groups in total. The van der Waals surface area contributed by atoms with Crippen molar-refractivity contribution in [3.05, 3.63) is 35.1 Å². The lowest BCUT2D eigenvalue weighted by Crippen LogP contribution is -2.01. The van der Waals surface area contributed by atoms with E-state index in [1.807, 2.05) is 6.92 Å². The van der Waals surface area contributed by atoms with Gasteiger partial charge in [0, 0.05) is 5.56 Å². The van der Waals surface area contributed by atoms with Crippen LogP contribution in [-0.2, 0) is 0 Å². The number of aliphatic hydroxyl groups excluding tert-OH is 1. The second-order valence-electron chi connectivity index (χ2n) is 5.10. The molecule has 1 atom stereocenters. The maximum Gasteiger partial charge on any atom is 0.129 e. The van der Waals surface area contributed by atoms with Gasteiger partial charge >= 0.3 is 0 Å². The summed E-state index contributed by atoms with van der Waals surface area (Å²) < 4.78 is 13.5. The molecule has 1 unspecified atom stereocenters. The van der Waals surface area contributed by atoms with E-state index in [0.717, 1.165) is 18.4 Å². The number of hydrogen-bond donors (Lipinski definition) is 1. The van der Waals surface area contributed by atoms with Crippen molar-refractivity contribution < 1.29 is 9.50 Å². The second kappa shape index (κ2) is 8.25. The molecule has 0 spiro atoms. The highest BCUT2D eigenvalue weighted by Crippen LogP contribution is 2.23. The van der Waals surface area contributed by atoms with Crippen LogP contribution in [0.4, 0.5) is 4.39 Å². The first-order valence-corrected chi connectivity index (χ1v) is 7.09. The quantitative estimate of drug-likeness (QED) is 0.651. The average molecular weight is 252 g/mol. The Balaban J connectivity index is 2.31. The van der Waals surface area contributed by atoms with Crippen molar-refractivity contribution in [2.24, 2.45) is 0 Å². The van der Waals surface area contributed by atoms with Crippen molar-refractivity contribution in [3.63, 3.8) is 0 Å². The first-order valence-electron chi connectivity index (χ1n) is 7.09. The van der Waals surface area contributed by atoms with E-state index in [1.165, 1.54) is 31.7 Å². The minimum absolute atomic E-state index is 0.293. The summed E-state index contributed by atoms with van der Waals surface area (Å²) in [6.07, 6.45) is 7.13. The van der Waals surface area contributed by atoms with Crippen LogP contribution in [0, 0.1) is 12.7 Å². The van der Waals surface area contributed by atoms with Gasteiger partial charge in [0.25, 0.3) is 0 Å². The van der Waals surface area contributed by atoms with Crippen LogP contribution in [0.1, 0.15) is 69.1 Å². The molecule has 1 nitrogen and oxygen atoms in total. The molecular weight excluding hydrogens is 227 g/mol. The van der Waals surface area contributed by atoms with E-state index >= 15 is 0 Å². The largest absolute Gasteiger partial charge is 0.388 e. The second-order valence-corrected chi connectivity index (χ2v) is 5.10. The van der Waals surface area contributed by atoms with E-state index in [4.69, 9.17) is 0 Å². The Labute approximate surface area is 110 Å². The topological polar surface area (TPSA) is 20.2 Å². The number of aryl methyl sites for hydroxylation is 1. The smallest absolute Gasteiger partial charge is 0.129 e. The molecule has 102 valence electrons. The van der Waals surface area contributed by atoms with Gasteiger partial charge in [-0.3, -0.25) is 0 Å². The molecule has 0 saturated heterocycles. The van der Waals surface area contributed by atoms with Gasteiger partial charge in [0.1, 0.15) is 5.82 Å². The van der Waals surface area contributed by atoms with Crippen LogP contribution >= 0.6 is 0 Å². The van der Waals surface area contributed by atoms with Crippen molar-refractivity contribution in [1.29, 1.82) is 0 Å². The van der Waals surface area contributed by atoms with E-state index in [0.29, 0.717) is 12.0 Å². The van der Waals surface area contributed by atoms with Gasteiger partial charge in [0.15, 0.2) is 0 Å². The molecule has 0 saturated carbocycles. The predicted molar refractivity (Wildman–Crippen MR) is 74.1 cm³/mol. The molecular formula is C16H25FO. The molecule has 1 rings (SSSR count).